The van der Waals surface area contributed by atoms with Crippen LogP contribution < -0.4 is 5.32 Å². The van der Waals surface area contributed by atoms with Gasteiger partial charge in [0.2, 0.25) is 0 Å². The molecule has 1 amide bonds. The van der Waals surface area contributed by atoms with E-state index in [-0.39, 0.29) is 0 Å². The molecule has 0 saturated heterocycles. The SMILES string of the molecule is Cc1[nH]c2ccccc2c1C(=O)C(=O)Nc1nc2ccccc2s1. The van der Waals surface area contributed by atoms with Gasteiger partial charge in [0.25, 0.3) is 11.7 Å². The Labute approximate surface area is 141 Å². The summed E-state index contributed by atoms with van der Waals surface area (Å²) in [5.41, 5.74) is 2.73. The van der Waals surface area contributed by atoms with E-state index < -0.39 is 11.7 Å². The van der Waals surface area contributed by atoms with Gasteiger partial charge in [-0.05, 0) is 25.1 Å². The predicted octanol–water partition coefficient (Wildman–Crippen LogP) is 3.91. The van der Waals surface area contributed by atoms with Crippen LogP contribution in [0.4, 0.5) is 5.13 Å². The van der Waals surface area contributed by atoms with Gasteiger partial charge in [0.15, 0.2) is 5.13 Å². The van der Waals surface area contributed by atoms with Crippen LogP contribution in [0.1, 0.15) is 16.1 Å². The first-order valence-corrected chi connectivity index (χ1v) is 8.23. The van der Waals surface area contributed by atoms with Gasteiger partial charge in [-0.1, -0.05) is 41.7 Å². The second-order valence-corrected chi connectivity index (χ2v) is 6.47. The Bertz CT molecular complexity index is 1060. The Morgan fingerprint density at radius 1 is 1.08 bits per heavy atom. The molecule has 2 N–H and O–H groups in total. The molecule has 2 aromatic heterocycles. The van der Waals surface area contributed by atoms with Gasteiger partial charge < -0.3 is 4.98 Å². The maximum absolute atomic E-state index is 12.6. The van der Waals surface area contributed by atoms with Gasteiger partial charge in [-0.2, -0.15) is 0 Å². The molecule has 0 bridgehead atoms. The van der Waals surface area contributed by atoms with Gasteiger partial charge >= 0.3 is 0 Å². The van der Waals surface area contributed by atoms with Crippen molar-refractivity contribution in [2.75, 3.05) is 5.32 Å². The van der Waals surface area contributed by atoms with Crippen LogP contribution >= 0.6 is 11.3 Å². The van der Waals surface area contributed by atoms with Gasteiger partial charge in [0.05, 0.1) is 15.8 Å². The number of H-pyrrole nitrogens is 1. The lowest BCUT2D eigenvalue weighted by Gasteiger charge is -2.01. The fourth-order valence-electron chi connectivity index (χ4n) is 2.76. The first kappa shape index (κ1) is 14.6. The number of para-hydroxylation sites is 2. The summed E-state index contributed by atoms with van der Waals surface area (Å²) < 4.78 is 0.962. The molecule has 0 aliphatic carbocycles. The van der Waals surface area contributed by atoms with Crippen molar-refractivity contribution < 1.29 is 9.59 Å². The van der Waals surface area contributed by atoms with Crippen molar-refractivity contribution in [1.29, 1.82) is 0 Å². The zero-order valence-electron chi connectivity index (χ0n) is 12.8. The third-order valence-corrected chi connectivity index (χ3v) is 4.79. The van der Waals surface area contributed by atoms with E-state index in [0.29, 0.717) is 16.4 Å². The summed E-state index contributed by atoms with van der Waals surface area (Å²) in [5, 5.41) is 3.79. The van der Waals surface area contributed by atoms with Crippen LogP contribution in [0.15, 0.2) is 48.5 Å². The van der Waals surface area contributed by atoms with Crippen molar-refractivity contribution in [3.05, 3.63) is 59.8 Å². The number of hydrogen-bond donors (Lipinski definition) is 2. The molecule has 118 valence electrons. The van der Waals surface area contributed by atoms with E-state index in [1.165, 1.54) is 11.3 Å². The first-order chi connectivity index (χ1) is 11.6. The minimum absolute atomic E-state index is 0.407. The number of carbonyl (C=O) groups excluding carboxylic acids is 2. The molecule has 24 heavy (non-hydrogen) atoms. The number of nitrogens with one attached hydrogen (secondary N) is 2. The molecule has 5 nitrogen and oxygen atoms in total. The molecule has 0 saturated carbocycles. The first-order valence-electron chi connectivity index (χ1n) is 7.42. The molecule has 0 radical (unpaired) electrons. The third-order valence-electron chi connectivity index (χ3n) is 3.84. The van der Waals surface area contributed by atoms with Crippen LogP contribution in [0.2, 0.25) is 0 Å². The zero-order chi connectivity index (χ0) is 16.7. The van der Waals surface area contributed by atoms with Crippen LogP contribution in [0.5, 0.6) is 0 Å². The summed E-state index contributed by atoms with van der Waals surface area (Å²) in [6.07, 6.45) is 0. The lowest BCUT2D eigenvalue weighted by Crippen LogP contribution is -2.23. The highest BCUT2D eigenvalue weighted by atomic mass is 32.1. The quantitative estimate of drug-likeness (QED) is 0.440. The van der Waals surface area contributed by atoms with E-state index in [1.807, 2.05) is 48.5 Å². The highest BCUT2D eigenvalue weighted by Crippen LogP contribution is 2.26. The fraction of sp³-hybridized carbons (Fsp3) is 0.0556. The predicted molar refractivity (Wildman–Crippen MR) is 95.6 cm³/mol. The van der Waals surface area contributed by atoms with Crippen LogP contribution in [-0.4, -0.2) is 21.7 Å². The summed E-state index contributed by atoms with van der Waals surface area (Å²) in [6.45, 7) is 1.79. The van der Waals surface area contributed by atoms with Crippen molar-refractivity contribution in [2.45, 2.75) is 6.92 Å². The average Bonchev–Trinajstić information content (AvgIpc) is 3.13. The topological polar surface area (TPSA) is 74.8 Å². The van der Waals surface area contributed by atoms with Crippen LogP contribution in [0.3, 0.4) is 0 Å². The van der Waals surface area contributed by atoms with E-state index in [1.54, 1.807) is 6.92 Å². The number of anilines is 1. The summed E-state index contributed by atoms with van der Waals surface area (Å²) in [6, 6.07) is 15.0. The molecule has 0 aliphatic heterocycles. The lowest BCUT2D eigenvalue weighted by atomic mass is 10.1. The molecular weight excluding hydrogens is 322 g/mol. The molecule has 0 aliphatic rings. The number of ketones is 1. The van der Waals surface area contributed by atoms with Gasteiger partial charge in [-0.25, -0.2) is 4.98 Å². The summed E-state index contributed by atoms with van der Waals surface area (Å²) in [4.78, 5) is 32.4. The number of carbonyl (C=O) groups is 2. The van der Waals surface area contributed by atoms with E-state index in [9.17, 15) is 9.59 Å². The molecule has 0 atom stereocenters. The average molecular weight is 335 g/mol. The number of amides is 1. The number of benzene rings is 2. The van der Waals surface area contributed by atoms with Crippen molar-refractivity contribution in [1.82, 2.24) is 9.97 Å². The number of aryl methyl sites for hydroxylation is 1. The van der Waals surface area contributed by atoms with Crippen LogP contribution in [-0.2, 0) is 4.79 Å². The summed E-state index contributed by atoms with van der Waals surface area (Å²) in [5.74, 6) is -1.24. The van der Waals surface area contributed by atoms with E-state index in [0.717, 1.165) is 21.1 Å². The zero-order valence-corrected chi connectivity index (χ0v) is 13.6. The molecular formula is C18H13N3O2S. The molecule has 6 heteroatoms. The second kappa shape index (κ2) is 5.58. The van der Waals surface area contributed by atoms with Crippen molar-refractivity contribution in [3.63, 3.8) is 0 Å². The van der Waals surface area contributed by atoms with Gasteiger partial charge in [0.1, 0.15) is 0 Å². The minimum Gasteiger partial charge on any atom is -0.358 e. The van der Waals surface area contributed by atoms with Crippen LogP contribution in [0, 0.1) is 6.92 Å². The normalized spacial score (nSPS) is 11.0. The number of rotatable bonds is 3. The second-order valence-electron chi connectivity index (χ2n) is 5.44. The standard InChI is InChI=1S/C18H13N3O2S/c1-10-15(11-6-2-3-7-12(11)19-10)16(22)17(23)21-18-20-13-8-4-5-9-14(13)24-18/h2-9,19H,1H3,(H,20,21,23). The molecule has 0 unspecified atom stereocenters. The fourth-order valence-corrected chi connectivity index (χ4v) is 3.62. The summed E-state index contributed by atoms with van der Waals surface area (Å²) >= 11 is 1.34. The number of aromatic amines is 1. The Morgan fingerprint density at radius 3 is 2.67 bits per heavy atom. The number of aromatic nitrogens is 2. The molecule has 2 heterocycles. The summed E-state index contributed by atoms with van der Waals surface area (Å²) in [7, 11) is 0. The van der Waals surface area contributed by atoms with Crippen LogP contribution in [0.25, 0.3) is 21.1 Å². The van der Waals surface area contributed by atoms with Gasteiger partial charge in [-0.3, -0.25) is 14.9 Å². The Morgan fingerprint density at radius 2 is 1.83 bits per heavy atom. The maximum atomic E-state index is 12.6. The Kier molecular flexibility index (Phi) is 3.39. The lowest BCUT2D eigenvalue weighted by molar-refractivity contribution is -0.112. The maximum Gasteiger partial charge on any atom is 0.298 e. The van der Waals surface area contributed by atoms with Crippen molar-refractivity contribution in [3.8, 4) is 0 Å². The Hall–Kier alpha value is -2.99. The van der Waals surface area contributed by atoms with Crippen molar-refractivity contribution in [2.24, 2.45) is 0 Å². The van der Waals surface area contributed by atoms with E-state index >= 15 is 0 Å². The number of fused-ring (bicyclic) bond motifs is 2. The largest absolute Gasteiger partial charge is 0.358 e. The van der Waals surface area contributed by atoms with Crippen molar-refractivity contribution >= 4 is 49.3 Å². The molecule has 0 fully saturated rings. The van der Waals surface area contributed by atoms with Gasteiger partial charge in [-0.15, -0.1) is 0 Å². The molecule has 4 aromatic rings. The number of Topliss-reactive ketones (excluding diaryl/α,β-unsaturated/α-hetero) is 1. The highest BCUT2D eigenvalue weighted by Gasteiger charge is 2.23. The number of nitrogens with zero attached hydrogens (tertiary/aromatic N) is 1. The van der Waals surface area contributed by atoms with E-state index in [4.69, 9.17) is 0 Å². The monoisotopic (exact) mass is 335 g/mol. The minimum atomic E-state index is -0.679. The smallest absolute Gasteiger partial charge is 0.298 e. The number of thiazole rings is 1. The Balaban J connectivity index is 1.66. The molecule has 2 aromatic carbocycles. The molecule has 4 rings (SSSR count). The third kappa shape index (κ3) is 2.37. The number of hydrogen-bond acceptors (Lipinski definition) is 4. The van der Waals surface area contributed by atoms with E-state index in [2.05, 4.69) is 15.3 Å². The van der Waals surface area contributed by atoms with Gasteiger partial charge in [0, 0.05) is 16.6 Å². The molecule has 0 spiro atoms. The highest BCUT2D eigenvalue weighted by molar-refractivity contribution is 7.22.